The molecule has 12 heteroatoms. The lowest BCUT2D eigenvalue weighted by Gasteiger charge is -2.17. The summed E-state index contributed by atoms with van der Waals surface area (Å²) in [5.41, 5.74) is 1.20. The molecule has 0 spiro atoms. The summed E-state index contributed by atoms with van der Waals surface area (Å²) in [5, 5.41) is 22.4. The van der Waals surface area contributed by atoms with Gasteiger partial charge in [-0.3, -0.25) is 10.4 Å². The summed E-state index contributed by atoms with van der Waals surface area (Å²) < 4.78 is 6.82. The molecule has 10 nitrogen and oxygen atoms in total. The van der Waals surface area contributed by atoms with Gasteiger partial charge in [-0.25, -0.2) is 14.3 Å². The lowest BCUT2D eigenvalue weighted by molar-refractivity contribution is 0.0828. The number of H-pyrrole nitrogens is 1. The summed E-state index contributed by atoms with van der Waals surface area (Å²) >= 11 is 12.5. The smallest absolute Gasteiger partial charge is 0.333 e. The van der Waals surface area contributed by atoms with E-state index in [2.05, 4.69) is 20.3 Å². The monoisotopic (exact) mass is 529 g/mol. The Labute approximate surface area is 216 Å². The van der Waals surface area contributed by atoms with Crippen LogP contribution in [0, 0.1) is 12.3 Å². The van der Waals surface area contributed by atoms with Gasteiger partial charge in [-0.05, 0) is 56.9 Å². The number of nitrogens with one attached hydrogen (secondary N) is 3. The molecule has 0 aliphatic heterocycles. The maximum absolute atomic E-state index is 12.8. The minimum absolute atomic E-state index is 0.149. The molecule has 0 aliphatic rings. The van der Waals surface area contributed by atoms with E-state index < -0.39 is 11.8 Å². The first kappa shape index (κ1) is 25.6. The molecular formula is C24H25Cl2N7O3. The van der Waals surface area contributed by atoms with Crippen molar-refractivity contribution in [2.75, 3.05) is 32.6 Å². The zero-order chi connectivity index (χ0) is 26.0. The van der Waals surface area contributed by atoms with Crippen LogP contribution in [-0.4, -0.2) is 62.9 Å². The van der Waals surface area contributed by atoms with Crippen LogP contribution in [0.4, 0.5) is 11.6 Å². The number of ether oxygens (including phenoxy) is 1. The number of aromatic nitrogens is 4. The van der Waals surface area contributed by atoms with E-state index in [-0.39, 0.29) is 39.4 Å². The van der Waals surface area contributed by atoms with Gasteiger partial charge in [0.05, 0.1) is 21.1 Å². The van der Waals surface area contributed by atoms with Gasteiger partial charge < -0.3 is 20.1 Å². The highest BCUT2D eigenvalue weighted by molar-refractivity contribution is 6.37. The molecule has 2 aromatic heterocycles. The summed E-state index contributed by atoms with van der Waals surface area (Å²) in [7, 11) is 3.77. The fourth-order valence-corrected chi connectivity index (χ4v) is 4.25. The SMILES string of the molecule is Cc1cc(Nc2ncc3c(=N)n(-c4c(Cl)cccc4Cl)c(=O)[nH]c3n2)ccc1OCC(O)CN(C)C. The van der Waals surface area contributed by atoms with E-state index in [1.54, 1.807) is 30.3 Å². The average Bonchev–Trinajstić information content (AvgIpc) is 2.79. The Bertz CT molecular complexity index is 1510. The third kappa shape index (κ3) is 5.52. The molecule has 0 bridgehead atoms. The number of para-hydroxylation sites is 1. The van der Waals surface area contributed by atoms with Gasteiger partial charge >= 0.3 is 5.69 Å². The van der Waals surface area contributed by atoms with Crippen molar-refractivity contribution in [1.29, 1.82) is 5.41 Å². The standard InChI is InChI=1S/C24H25Cl2N7O3/c1-13-9-14(7-8-19(13)36-12-15(34)11-32(2)3)29-23-28-10-16-21(27)33(24(35)31-22(16)30-23)20-17(25)5-4-6-18(20)26/h4-10,15,27,34H,11-12H2,1-3H3,(H2,28,29,30,31,35). The van der Waals surface area contributed by atoms with E-state index in [4.69, 9.17) is 33.3 Å². The molecule has 0 fully saturated rings. The molecule has 4 N–H and O–H groups in total. The van der Waals surface area contributed by atoms with E-state index in [1.165, 1.54) is 6.20 Å². The fraction of sp³-hybridized carbons (Fsp3) is 0.250. The van der Waals surface area contributed by atoms with Crippen molar-refractivity contribution in [3.05, 3.63) is 74.2 Å². The van der Waals surface area contributed by atoms with Crippen LogP contribution in [0.15, 0.2) is 47.4 Å². The molecule has 2 aromatic carbocycles. The van der Waals surface area contributed by atoms with Crippen molar-refractivity contribution in [3.63, 3.8) is 0 Å². The summed E-state index contributed by atoms with van der Waals surface area (Å²) in [6, 6.07) is 10.3. The Kier molecular flexibility index (Phi) is 7.60. The predicted octanol–water partition coefficient (Wildman–Crippen LogP) is 3.25. The number of aryl methyl sites for hydroxylation is 1. The number of aliphatic hydroxyl groups is 1. The number of aliphatic hydroxyl groups excluding tert-OH is 1. The van der Waals surface area contributed by atoms with Crippen LogP contribution in [0.3, 0.4) is 0 Å². The van der Waals surface area contributed by atoms with Gasteiger partial charge in [0.1, 0.15) is 23.9 Å². The molecule has 0 saturated carbocycles. The zero-order valence-corrected chi connectivity index (χ0v) is 21.4. The van der Waals surface area contributed by atoms with E-state index in [9.17, 15) is 9.90 Å². The Morgan fingerprint density at radius 2 is 1.97 bits per heavy atom. The first-order valence-corrected chi connectivity index (χ1v) is 11.7. The van der Waals surface area contributed by atoms with E-state index >= 15 is 0 Å². The minimum atomic E-state index is -0.610. The van der Waals surface area contributed by atoms with Crippen molar-refractivity contribution in [3.8, 4) is 11.4 Å². The molecule has 0 aliphatic carbocycles. The lowest BCUT2D eigenvalue weighted by Crippen LogP contribution is -2.34. The molecule has 4 aromatic rings. The van der Waals surface area contributed by atoms with Crippen LogP contribution >= 0.6 is 23.2 Å². The van der Waals surface area contributed by atoms with Crippen LogP contribution in [-0.2, 0) is 0 Å². The molecule has 1 atom stereocenters. The van der Waals surface area contributed by atoms with E-state index in [1.807, 2.05) is 32.0 Å². The molecular weight excluding hydrogens is 505 g/mol. The number of likely N-dealkylation sites (N-methyl/N-ethyl adjacent to an activating group) is 1. The van der Waals surface area contributed by atoms with Crippen LogP contribution in [0.5, 0.6) is 5.75 Å². The van der Waals surface area contributed by atoms with Crippen LogP contribution in [0.2, 0.25) is 10.0 Å². The van der Waals surface area contributed by atoms with Crippen LogP contribution < -0.4 is 21.2 Å². The van der Waals surface area contributed by atoms with E-state index in [0.29, 0.717) is 23.4 Å². The highest BCUT2D eigenvalue weighted by atomic mass is 35.5. The Hall–Kier alpha value is -3.44. The van der Waals surface area contributed by atoms with Crippen molar-refractivity contribution in [1.82, 2.24) is 24.4 Å². The van der Waals surface area contributed by atoms with Gasteiger partial charge in [-0.1, -0.05) is 29.3 Å². The van der Waals surface area contributed by atoms with Gasteiger partial charge in [0.2, 0.25) is 5.95 Å². The van der Waals surface area contributed by atoms with Crippen molar-refractivity contribution in [2.45, 2.75) is 13.0 Å². The maximum atomic E-state index is 12.8. The van der Waals surface area contributed by atoms with Crippen molar-refractivity contribution in [2.24, 2.45) is 0 Å². The summed E-state index contributed by atoms with van der Waals surface area (Å²) in [4.78, 5) is 26.1. The van der Waals surface area contributed by atoms with Crippen LogP contribution in [0.25, 0.3) is 16.7 Å². The molecule has 0 amide bonds. The highest BCUT2D eigenvalue weighted by Crippen LogP contribution is 2.27. The topological polar surface area (TPSA) is 132 Å². The number of halogens is 2. The van der Waals surface area contributed by atoms with Gasteiger partial charge in [0.15, 0.2) is 5.65 Å². The quantitative estimate of drug-likeness (QED) is 0.275. The molecule has 0 radical (unpaired) electrons. The second-order valence-corrected chi connectivity index (χ2v) is 9.29. The number of hydrogen-bond acceptors (Lipinski definition) is 8. The second kappa shape index (κ2) is 10.7. The average molecular weight is 530 g/mol. The number of anilines is 2. The third-order valence-electron chi connectivity index (χ3n) is 5.30. The first-order valence-electron chi connectivity index (χ1n) is 11.0. The molecule has 4 rings (SSSR count). The van der Waals surface area contributed by atoms with E-state index in [0.717, 1.165) is 10.1 Å². The zero-order valence-electron chi connectivity index (χ0n) is 19.8. The number of hydrogen-bond donors (Lipinski definition) is 4. The summed E-state index contributed by atoms with van der Waals surface area (Å²) in [5.74, 6) is 0.893. The van der Waals surface area contributed by atoms with Gasteiger partial charge in [-0.2, -0.15) is 4.98 Å². The normalized spacial score (nSPS) is 12.2. The van der Waals surface area contributed by atoms with Gasteiger partial charge in [0, 0.05) is 18.4 Å². The Morgan fingerprint density at radius 1 is 1.25 bits per heavy atom. The second-order valence-electron chi connectivity index (χ2n) is 8.47. The molecule has 1 unspecified atom stereocenters. The van der Waals surface area contributed by atoms with Gasteiger partial charge in [0.25, 0.3) is 0 Å². The largest absolute Gasteiger partial charge is 0.491 e. The maximum Gasteiger partial charge on any atom is 0.333 e. The molecule has 2 heterocycles. The number of rotatable bonds is 8. The number of nitrogens with zero attached hydrogens (tertiary/aromatic N) is 4. The highest BCUT2D eigenvalue weighted by Gasteiger charge is 2.15. The predicted molar refractivity (Wildman–Crippen MR) is 140 cm³/mol. The Morgan fingerprint density at radius 3 is 2.64 bits per heavy atom. The number of fused-ring (bicyclic) bond motifs is 1. The Balaban J connectivity index is 1.58. The summed E-state index contributed by atoms with van der Waals surface area (Å²) in [6.07, 6.45) is 0.848. The lowest BCUT2D eigenvalue weighted by atomic mass is 10.2. The molecule has 188 valence electrons. The van der Waals surface area contributed by atoms with Crippen molar-refractivity contribution >= 4 is 45.9 Å². The molecule has 0 saturated heterocycles. The molecule has 36 heavy (non-hydrogen) atoms. The fourth-order valence-electron chi connectivity index (χ4n) is 3.68. The van der Waals surface area contributed by atoms with Gasteiger partial charge in [-0.15, -0.1) is 0 Å². The third-order valence-corrected chi connectivity index (χ3v) is 5.91. The first-order chi connectivity index (χ1) is 17.1. The minimum Gasteiger partial charge on any atom is -0.491 e. The van der Waals surface area contributed by atoms with Crippen LogP contribution in [0.1, 0.15) is 5.56 Å². The van der Waals surface area contributed by atoms with Crippen molar-refractivity contribution < 1.29 is 9.84 Å². The summed E-state index contributed by atoms with van der Waals surface area (Å²) in [6.45, 7) is 2.58. The number of aromatic amines is 1. The number of benzene rings is 2.